The van der Waals surface area contributed by atoms with Crippen LogP contribution in [-0.4, -0.2) is 21.9 Å². The maximum absolute atomic E-state index is 12.1. The molecule has 0 aliphatic carbocycles. The van der Waals surface area contributed by atoms with E-state index in [0.29, 0.717) is 16.8 Å². The van der Waals surface area contributed by atoms with Crippen molar-refractivity contribution in [3.05, 3.63) is 58.6 Å². The van der Waals surface area contributed by atoms with Gasteiger partial charge in [-0.2, -0.15) is 0 Å². The Hall–Kier alpha value is -2.79. The maximum atomic E-state index is 12.1. The lowest BCUT2D eigenvalue weighted by Gasteiger charge is -2.04. The first kappa shape index (κ1) is 16.6. The van der Waals surface area contributed by atoms with E-state index in [2.05, 4.69) is 5.32 Å². The smallest absolute Gasteiger partial charge is 0.221 e. The number of rotatable bonds is 4. The first-order valence-corrected chi connectivity index (χ1v) is 7.06. The van der Waals surface area contributed by atoms with Crippen molar-refractivity contribution in [1.29, 1.82) is 0 Å². The number of carbonyl (C=O) groups is 2. The first-order chi connectivity index (χ1) is 10.9. The summed E-state index contributed by atoms with van der Waals surface area (Å²) in [5, 5.41) is 21.5. The number of phenols is 2. The van der Waals surface area contributed by atoms with E-state index in [9.17, 15) is 19.8 Å². The van der Waals surface area contributed by atoms with Crippen LogP contribution >= 0.6 is 11.6 Å². The molecule has 0 atom stereocenters. The van der Waals surface area contributed by atoms with Crippen LogP contribution in [-0.2, 0) is 4.79 Å². The predicted molar refractivity (Wildman–Crippen MR) is 88.9 cm³/mol. The van der Waals surface area contributed by atoms with Gasteiger partial charge in [-0.05, 0) is 35.9 Å². The number of halogens is 1. The number of aromatic hydroxyl groups is 2. The molecule has 0 aliphatic heterocycles. The highest BCUT2D eigenvalue weighted by Gasteiger charge is 2.07. The molecule has 3 N–H and O–H groups in total. The zero-order chi connectivity index (χ0) is 17.0. The van der Waals surface area contributed by atoms with E-state index >= 15 is 0 Å². The summed E-state index contributed by atoms with van der Waals surface area (Å²) in [5.41, 5.74) is 1.40. The zero-order valence-corrected chi connectivity index (χ0v) is 13.0. The van der Waals surface area contributed by atoms with Crippen LogP contribution in [0.2, 0.25) is 5.02 Å². The van der Waals surface area contributed by atoms with Crippen LogP contribution in [0, 0.1) is 0 Å². The number of allylic oxidation sites excluding steroid dienone is 1. The van der Waals surface area contributed by atoms with E-state index in [0.717, 1.165) is 0 Å². The highest BCUT2D eigenvalue weighted by atomic mass is 35.5. The van der Waals surface area contributed by atoms with Gasteiger partial charge < -0.3 is 15.5 Å². The van der Waals surface area contributed by atoms with Gasteiger partial charge in [0.1, 0.15) is 0 Å². The Morgan fingerprint density at radius 2 is 1.91 bits per heavy atom. The summed E-state index contributed by atoms with van der Waals surface area (Å²) in [6, 6.07) is 9.25. The Labute approximate surface area is 137 Å². The quantitative estimate of drug-likeness (QED) is 0.454. The van der Waals surface area contributed by atoms with Crippen LogP contribution in [0.4, 0.5) is 5.69 Å². The van der Waals surface area contributed by atoms with Gasteiger partial charge in [0.25, 0.3) is 0 Å². The number of amides is 1. The minimum absolute atomic E-state index is 0.00949. The lowest BCUT2D eigenvalue weighted by atomic mass is 10.1. The Balaban J connectivity index is 2.20. The fourth-order valence-electron chi connectivity index (χ4n) is 1.92. The molecular weight excluding hydrogens is 318 g/mol. The monoisotopic (exact) mass is 331 g/mol. The van der Waals surface area contributed by atoms with Gasteiger partial charge >= 0.3 is 0 Å². The predicted octanol–water partition coefficient (Wildman–Crippen LogP) is 3.61. The summed E-state index contributed by atoms with van der Waals surface area (Å²) in [5.74, 6) is -1.27. The summed E-state index contributed by atoms with van der Waals surface area (Å²) in [6.07, 6.45) is 2.79. The molecule has 1 amide bonds. The molecule has 0 saturated carbocycles. The van der Waals surface area contributed by atoms with Gasteiger partial charge in [-0.25, -0.2) is 0 Å². The van der Waals surface area contributed by atoms with Crippen LogP contribution in [0.15, 0.2) is 42.5 Å². The lowest BCUT2D eigenvalue weighted by molar-refractivity contribution is -0.114. The van der Waals surface area contributed by atoms with Gasteiger partial charge in [-0.15, -0.1) is 0 Å². The summed E-state index contributed by atoms with van der Waals surface area (Å²) in [7, 11) is 0. The van der Waals surface area contributed by atoms with Crippen molar-refractivity contribution >= 4 is 35.1 Å². The minimum Gasteiger partial charge on any atom is -0.504 e. The molecule has 23 heavy (non-hydrogen) atoms. The van der Waals surface area contributed by atoms with Crippen LogP contribution in [0.5, 0.6) is 11.5 Å². The average Bonchev–Trinajstić information content (AvgIpc) is 2.49. The van der Waals surface area contributed by atoms with E-state index in [1.807, 2.05) is 0 Å². The van der Waals surface area contributed by atoms with Gasteiger partial charge in [0.2, 0.25) is 5.91 Å². The van der Waals surface area contributed by atoms with Gasteiger partial charge in [0.15, 0.2) is 17.3 Å². The molecule has 2 aromatic carbocycles. The number of anilines is 1. The molecule has 5 nitrogen and oxygen atoms in total. The van der Waals surface area contributed by atoms with E-state index < -0.39 is 5.75 Å². The van der Waals surface area contributed by atoms with Crippen molar-refractivity contribution in [3.63, 3.8) is 0 Å². The second-order valence-electron chi connectivity index (χ2n) is 4.83. The number of carbonyl (C=O) groups excluding carboxylic acids is 2. The molecule has 0 bridgehead atoms. The minimum atomic E-state index is -0.404. The van der Waals surface area contributed by atoms with Crippen LogP contribution in [0.1, 0.15) is 22.8 Å². The van der Waals surface area contributed by atoms with Crippen LogP contribution in [0.25, 0.3) is 6.08 Å². The molecule has 2 aromatic rings. The van der Waals surface area contributed by atoms with Gasteiger partial charge in [0, 0.05) is 18.2 Å². The number of hydrogen-bond acceptors (Lipinski definition) is 4. The molecule has 118 valence electrons. The number of nitrogens with one attached hydrogen (secondary N) is 1. The molecule has 6 heteroatoms. The molecular formula is C17H14ClNO4. The SMILES string of the molecule is CC(=O)Nc1cccc(C(=O)/C=C/c2cc(O)c(O)c(Cl)c2)c1. The average molecular weight is 332 g/mol. The van der Waals surface area contributed by atoms with Crippen molar-refractivity contribution in [2.24, 2.45) is 0 Å². The van der Waals surface area contributed by atoms with E-state index in [1.54, 1.807) is 24.3 Å². The summed E-state index contributed by atoms with van der Waals surface area (Å²) in [4.78, 5) is 23.2. The Bertz CT molecular complexity index is 776. The van der Waals surface area contributed by atoms with Crippen molar-refractivity contribution in [1.82, 2.24) is 0 Å². The van der Waals surface area contributed by atoms with Gasteiger partial charge in [-0.3, -0.25) is 9.59 Å². The fraction of sp³-hybridized carbons (Fsp3) is 0.0588. The summed E-state index contributed by atoms with van der Waals surface area (Å²) >= 11 is 5.75. The van der Waals surface area contributed by atoms with E-state index in [4.69, 9.17) is 11.6 Å². The Morgan fingerprint density at radius 1 is 1.17 bits per heavy atom. The molecule has 0 saturated heterocycles. The number of benzene rings is 2. The molecule has 0 radical (unpaired) electrons. The zero-order valence-electron chi connectivity index (χ0n) is 12.2. The Morgan fingerprint density at radius 3 is 2.57 bits per heavy atom. The number of phenolic OH excluding ortho intramolecular Hbond substituents is 2. The summed E-state index contributed by atoms with van der Waals surface area (Å²) < 4.78 is 0. The van der Waals surface area contributed by atoms with E-state index in [1.165, 1.54) is 31.2 Å². The second kappa shape index (κ2) is 6.98. The van der Waals surface area contributed by atoms with Crippen molar-refractivity contribution in [2.45, 2.75) is 6.92 Å². The first-order valence-electron chi connectivity index (χ1n) is 6.68. The lowest BCUT2D eigenvalue weighted by Crippen LogP contribution is -2.06. The van der Waals surface area contributed by atoms with Crippen LogP contribution < -0.4 is 5.32 Å². The molecule has 0 spiro atoms. The molecule has 0 fully saturated rings. The molecule has 2 rings (SSSR count). The standard InChI is InChI=1S/C17H14ClNO4/c1-10(20)19-13-4-2-3-12(9-13)15(21)6-5-11-7-14(18)17(23)16(22)8-11/h2-9,22-23H,1H3,(H,19,20)/b6-5+. The van der Waals surface area contributed by atoms with Crippen LogP contribution in [0.3, 0.4) is 0 Å². The van der Waals surface area contributed by atoms with Gasteiger partial charge in [-0.1, -0.05) is 29.8 Å². The summed E-state index contributed by atoms with van der Waals surface area (Å²) in [6.45, 7) is 1.38. The van der Waals surface area contributed by atoms with Gasteiger partial charge in [0.05, 0.1) is 5.02 Å². The maximum Gasteiger partial charge on any atom is 0.221 e. The topological polar surface area (TPSA) is 86.6 Å². The largest absolute Gasteiger partial charge is 0.504 e. The Kier molecular flexibility index (Phi) is 5.03. The third kappa shape index (κ3) is 4.34. The molecule has 0 unspecified atom stereocenters. The molecule has 0 aromatic heterocycles. The molecule has 0 heterocycles. The van der Waals surface area contributed by atoms with Crippen molar-refractivity contribution < 1.29 is 19.8 Å². The molecule has 0 aliphatic rings. The highest BCUT2D eigenvalue weighted by molar-refractivity contribution is 6.32. The third-order valence-electron chi connectivity index (χ3n) is 2.96. The number of hydrogen-bond donors (Lipinski definition) is 3. The number of ketones is 1. The van der Waals surface area contributed by atoms with E-state index in [-0.39, 0.29) is 22.5 Å². The van der Waals surface area contributed by atoms with Crippen molar-refractivity contribution in [2.75, 3.05) is 5.32 Å². The van der Waals surface area contributed by atoms with Crippen molar-refractivity contribution in [3.8, 4) is 11.5 Å². The second-order valence-corrected chi connectivity index (χ2v) is 5.24. The third-order valence-corrected chi connectivity index (χ3v) is 3.25. The highest BCUT2D eigenvalue weighted by Crippen LogP contribution is 2.34. The normalized spacial score (nSPS) is 10.7. The fourth-order valence-corrected chi connectivity index (χ4v) is 2.15.